The van der Waals surface area contributed by atoms with E-state index in [2.05, 4.69) is 5.32 Å². The third-order valence-corrected chi connectivity index (χ3v) is 3.39. The molecule has 0 heterocycles. The lowest BCUT2D eigenvalue weighted by Gasteiger charge is -2.29. The van der Waals surface area contributed by atoms with Crippen molar-refractivity contribution in [2.45, 2.75) is 50.1 Å². The summed E-state index contributed by atoms with van der Waals surface area (Å²) in [7, 11) is 3.61. The number of unbranched alkanes of at least 4 members (excludes halogenated alkanes) is 1. The van der Waals surface area contributed by atoms with Crippen LogP contribution in [0.5, 0.6) is 0 Å². The summed E-state index contributed by atoms with van der Waals surface area (Å²) in [6.07, 6.45) is -15.3. The van der Waals surface area contributed by atoms with Gasteiger partial charge in [-0.05, 0) is 46.3 Å². The normalized spacial score (nSPS) is 13.2. The van der Waals surface area contributed by atoms with Crippen molar-refractivity contribution in [1.82, 2.24) is 10.2 Å². The zero-order chi connectivity index (χ0) is 19.9. The summed E-state index contributed by atoms with van der Waals surface area (Å²) in [5.74, 6) is -1.93. The second-order valence-corrected chi connectivity index (χ2v) is 5.84. The van der Waals surface area contributed by atoms with E-state index >= 15 is 0 Å². The van der Waals surface area contributed by atoms with E-state index < -0.39 is 55.4 Å². The Balaban J connectivity index is 4.29. The van der Waals surface area contributed by atoms with Crippen molar-refractivity contribution < 1.29 is 40.3 Å². The van der Waals surface area contributed by atoms with Gasteiger partial charge < -0.3 is 10.2 Å². The lowest BCUT2D eigenvalue weighted by Crippen LogP contribution is -2.53. The molecule has 0 aromatic carbocycles. The van der Waals surface area contributed by atoms with Crippen LogP contribution in [-0.4, -0.2) is 61.8 Å². The Labute approximate surface area is 140 Å². The van der Waals surface area contributed by atoms with Crippen LogP contribution in [0.4, 0.5) is 30.7 Å². The number of carbonyl (C=O) groups is 2. The van der Waals surface area contributed by atoms with Crippen LogP contribution in [-0.2, 0) is 9.59 Å². The fourth-order valence-electron chi connectivity index (χ4n) is 1.91. The van der Waals surface area contributed by atoms with Gasteiger partial charge >= 0.3 is 12.4 Å². The maximum atomic E-state index is 13.3. The van der Waals surface area contributed by atoms with Crippen molar-refractivity contribution in [2.75, 3.05) is 27.2 Å². The van der Waals surface area contributed by atoms with Crippen LogP contribution < -0.4 is 5.32 Å². The number of hydrogen-bond acceptors (Lipinski definition) is 3. The molecule has 0 radical (unpaired) electrons. The minimum absolute atomic E-state index is 0.207. The molecule has 0 atom stereocenters. The highest BCUT2D eigenvalue weighted by Gasteiger charge is 2.71. The fraction of sp³-hybridized carbons (Fsp3) is 0.857. The van der Waals surface area contributed by atoms with Crippen LogP contribution in [0.25, 0.3) is 0 Å². The second kappa shape index (κ2) is 9.35. The minimum Gasteiger partial charge on any atom is -0.349 e. The number of nitrogens with zero attached hydrogens (tertiary/aromatic N) is 1. The molecule has 0 aliphatic carbocycles. The van der Waals surface area contributed by atoms with Gasteiger partial charge in [-0.1, -0.05) is 0 Å². The van der Waals surface area contributed by atoms with Crippen molar-refractivity contribution in [3.8, 4) is 0 Å². The Kier molecular flexibility index (Phi) is 8.83. The molecule has 0 rings (SSSR count). The summed E-state index contributed by atoms with van der Waals surface area (Å²) in [4.78, 5) is 24.7. The molecular formula is C14H21F7N2O2. The number of halogens is 7. The van der Waals surface area contributed by atoms with Crippen LogP contribution in [0.3, 0.4) is 0 Å². The van der Waals surface area contributed by atoms with Crippen LogP contribution >= 0.6 is 0 Å². The highest BCUT2D eigenvalue weighted by molar-refractivity contribution is 6.36. The molecule has 148 valence electrons. The van der Waals surface area contributed by atoms with E-state index in [1.54, 1.807) is 14.1 Å². The summed E-state index contributed by atoms with van der Waals surface area (Å²) < 4.78 is 87.2. The molecule has 1 N–H and O–H groups in total. The number of alkyl halides is 7. The first-order valence-electron chi connectivity index (χ1n) is 7.50. The fourth-order valence-corrected chi connectivity index (χ4v) is 1.91. The molecule has 0 spiro atoms. The Morgan fingerprint density at radius 2 is 1.40 bits per heavy atom. The van der Waals surface area contributed by atoms with Gasteiger partial charge in [0.2, 0.25) is 5.78 Å². The van der Waals surface area contributed by atoms with Gasteiger partial charge in [0.1, 0.15) is 0 Å². The molecule has 0 saturated carbocycles. The molecule has 4 nitrogen and oxygen atoms in total. The first-order valence-corrected chi connectivity index (χ1v) is 7.50. The molecule has 0 saturated heterocycles. The molecule has 0 aromatic rings. The molecule has 25 heavy (non-hydrogen) atoms. The van der Waals surface area contributed by atoms with Crippen molar-refractivity contribution in [3.05, 3.63) is 0 Å². The Hall–Kier alpha value is -1.39. The van der Waals surface area contributed by atoms with Crippen molar-refractivity contribution >= 4 is 11.7 Å². The molecule has 1 amide bonds. The Morgan fingerprint density at radius 1 is 0.880 bits per heavy atom. The SMILES string of the molecule is CN(C)CCCNC(=O)C(=O)CCCCC(F)(C(F)(F)F)C(F)(F)F. The van der Waals surface area contributed by atoms with Crippen molar-refractivity contribution in [1.29, 1.82) is 0 Å². The number of rotatable bonds is 10. The monoisotopic (exact) mass is 382 g/mol. The van der Waals surface area contributed by atoms with Crippen LogP contribution in [0, 0.1) is 0 Å². The van der Waals surface area contributed by atoms with Crippen LogP contribution in [0.15, 0.2) is 0 Å². The van der Waals surface area contributed by atoms with E-state index in [1.165, 1.54) is 0 Å². The molecule has 0 aromatic heterocycles. The standard InChI is InChI=1S/C14H21F7N2O2/c1-23(2)9-5-8-22-11(25)10(24)6-3-4-7-12(15,13(16,17)18)14(19,20)21/h3-9H2,1-2H3,(H,22,25). The van der Waals surface area contributed by atoms with Gasteiger partial charge in [0.05, 0.1) is 0 Å². The predicted octanol–water partition coefficient (Wildman–Crippen LogP) is 3.02. The summed E-state index contributed by atoms with van der Waals surface area (Å²) in [5.41, 5.74) is -5.32. The topological polar surface area (TPSA) is 49.4 Å². The predicted molar refractivity (Wildman–Crippen MR) is 75.6 cm³/mol. The number of Topliss-reactive ketones (excluding diaryl/α,β-unsaturated/α-hetero) is 1. The summed E-state index contributed by atoms with van der Waals surface area (Å²) >= 11 is 0. The first kappa shape index (κ1) is 23.6. The smallest absolute Gasteiger partial charge is 0.349 e. The largest absolute Gasteiger partial charge is 0.431 e. The Morgan fingerprint density at radius 3 is 1.84 bits per heavy atom. The molecule has 0 fully saturated rings. The highest BCUT2D eigenvalue weighted by atomic mass is 19.4. The average Bonchev–Trinajstić information content (AvgIpc) is 2.44. The molecular weight excluding hydrogens is 361 g/mol. The first-order chi connectivity index (χ1) is 11.2. The number of amides is 1. The van der Waals surface area contributed by atoms with E-state index in [-0.39, 0.29) is 6.54 Å². The third-order valence-electron chi connectivity index (χ3n) is 3.39. The summed E-state index contributed by atoms with van der Waals surface area (Å²) in [6, 6.07) is 0. The van der Waals surface area contributed by atoms with Gasteiger partial charge in [-0.25, -0.2) is 4.39 Å². The molecule has 11 heteroatoms. The van der Waals surface area contributed by atoms with Crippen molar-refractivity contribution in [2.24, 2.45) is 0 Å². The van der Waals surface area contributed by atoms with E-state index in [0.29, 0.717) is 13.0 Å². The molecule has 0 bridgehead atoms. The van der Waals surface area contributed by atoms with Gasteiger partial charge in [0, 0.05) is 13.0 Å². The highest BCUT2D eigenvalue weighted by Crippen LogP contribution is 2.49. The summed E-state index contributed by atoms with van der Waals surface area (Å²) in [5, 5.41) is 2.29. The van der Waals surface area contributed by atoms with E-state index in [4.69, 9.17) is 0 Å². The van der Waals surface area contributed by atoms with Gasteiger partial charge in [-0.3, -0.25) is 9.59 Å². The minimum atomic E-state index is -6.10. The van der Waals surface area contributed by atoms with Crippen LogP contribution in [0.2, 0.25) is 0 Å². The molecule has 0 aliphatic heterocycles. The average molecular weight is 382 g/mol. The van der Waals surface area contributed by atoms with Gasteiger partial charge in [-0.15, -0.1) is 0 Å². The molecule has 0 aliphatic rings. The zero-order valence-electron chi connectivity index (χ0n) is 13.9. The maximum Gasteiger partial charge on any atom is 0.431 e. The second-order valence-electron chi connectivity index (χ2n) is 5.84. The number of ketones is 1. The number of carbonyl (C=O) groups excluding carboxylic acids is 2. The van der Waals surface area contributed by atoms with Gasteiger partial charge in [0.15, 0.2) is 0 Å². The maximum absolute atomic E-state index is 13.3. The number of hydrogen-bond donors (Lipinski definition) is 1. The van der Waals surface area contributed by atoms with Gasteiger partial charge in [-0.2, -0.15) is 26.3 Å². The summed E-state index contributed by atoms with van der Waals surface area (Å²) in [6.45, 7) is 0.862. The van der Waals surface area contributed by atoms with E-state index in [1.807, 2.05) is 4.90 Å². The van der Waals surface area contributed by atoms with E-state index in [0.717, 1.165) is 0 Å². The quantitative estimate of drug-likeness (QED) is 0.359. The van der Waals surface area contributed by atoms with Crippen LogP contribution in [0.1, 0.15) is 32.1 Å². The lowest BCUT2D eigenvalue weighted by atomic mass is 9.96. The zero-order valence-corrected chi connectivity index (χ0v) is 13.9. The lowest BCUT2D eigenvalue weighted by molar-refractivity contribution is -0.343. The number of nitrogens with one attached hydrogen (secondary N) is 1. The third kappa shape index (κ3) is 7.57. The van der Waals surface area contributed by atoms with E-state index in [9.17, 15) is 40.3 Å². The molecule has 0 unspecified atom stereocenters. The Bertz CT molecular complexity index is 433. The van der Waals surface area contributed by atoms with Crippen molar-refractivity contribution in [3.63, 3.8) is 0 Å². The van der Waals surface area contributed by atoms with Gasteiger partial charge in [0.25, 0.3) is 11.6 Å².